The highest BCUT2D eigenvalue weighted by Gasteiger charge is 2.39. The van der Waals surface area contributed by atoms with Crippen LogP contribution in [0.15, 0.2) is 54.6 Å². The molecule has 190 valence electrons. The molecule has 10 heteroatoms. The number of amides is 1. The molecule has 3 rings (SSSR count). The van der Waals surface area contributed by atoms with E-state index in [4.69, 9.17) is 9.66 Å². The van der Waals surface area contributed by atoms with E-state index in [1.165, 1.54) is 6.07 Å². The predicted octanol–water partition coefficient (Wildman–Crippen LogP) is 2.53. The molecule has 3 N–H and O–H groups in total. The fourth-order valence-electron chi connectivity index (χ4n) is 4.69. The molecule has 1 aliphatic rings. The molecular formula is C25H32N2O7S. The maximum Gasteiger partial charge on any atom is 0.446 e. The molecule has 1 heterocycles. The molecule has 2 aromatic rings. The third-order valence-corrected chi connectivity index (χ3v) is 7.25. The molecule has 0 aromatic heterocycles. The molecule has 1 fully saturated rings. The van der Waals surface area contributed by atoms with E-state index in [0.717, 1.165) is 17.5 Å². The number of aliphatic carboxylic acids is 1. The minimum atomic E-state index is -4.61. The minimum Gasteiger partial charge on any atom is -0.480 e. The van der Waals surface area contributed by atoms with Crippen LogP contribution in [-0.2, 0) is 31.8 Å². The molecule has 0 unspecified atom stereocenters. The van der Waals surface area contributed by atoms with Crippen LogP contribution < -0.4 is 9.50 Å². The van der Waals surface area contributed by atoms with Crippen molar-refractivity contribution >= 4 is 22.3 Å². The van der Waals surface area contributed by atoms with Crippen molar-refractivity contribution in [1.82, 2.24) is 10.2 Å². The SMILES string of the molecule is C[C@@H]1CN(C[C@@H](Cc2ccccc2)C(=O)NCC(=O)O)CC[C@]1(C)c1cccc(OS(=O)(=O)O)c1. The third kappa shape index (κ3) is 7.51. The van der Waals surface area contributed by atoms with Gasteiger partial charge in [-0.3, -0.25) is 14.1 Å². The Morgan fingerprint density at radius 2 is 1.91 bits per heavy atom. The average molecular weight is 505 g/mol. The van der Waals surface area contributed by atoms with E-state index in [0.29, 0.717) is 26.1 Å². The monoisotopic (exact) mass is 504 g/mol. The number of likely N-dealkylation sites (tertiary alicyclic amines) is 1. The molecule has 0 radical (unpaired) electrons. The van der Waals surface area contributed by atoms with Gasteiger partial charge in [-0.15, -0.1) is 0 Å². The first kappa shape index (κ1) is 26.7. The summed E-state index contributed by atoms with van der Waals surface area (Å²) in [4.78, 5) is 26.0. The Kier molecular flexibility index (Phi) is 8.52. The maximum atomic E-state index is 12.8. The zero-order chi connectivity index (χ0) is 25.6. The van der Waals surface area contributed by atoms with Crippen molar-refractivity contribution in [3.8, 4) is 5.75 Å². The van der Waals surface area contributed by atoms with Gasteiger partial charge in [0.05, 0.1) is 5.92 Å². The van der Waals surface area contributed by atoms with Crippen LogP contribution in [0.2, 0.25) is 0 Å². The van der Waals surface area contributed by atoms with Crippen LogP contribution in [0.1, 0.15) is 31.4 Å². The Balaban J connectivity index is 1.72. The molecule has 9 nitrogen and oxygen atoms in total. The first-order chi connectivity index (χ1) is 16.5. The molecule has 35 heavy (non-hydrogen) atoms. The maximum absolute atomic E-state index is 12.8. The number of rotatable bonds is 10. The van der Waals surface area contributed by atoms with Crippen molar-refractivity contribution in [2.75, 3.05) is 26.2 Å². The summed E-state index contributed by atoms with van der Waals surface area (Å²) in [6.07, 6.45) is 1.27. The summed E-state index contributed by atoms with van der Waals surface area (Å²) in [5.74, 6) is -1.55. The Morgan fingerprint density at radius 3 is 2.54 bits per heavy atom. The Morgan fingerprint density at radius 1 is 1.20 bits per heavy atom. The Bertz CT molecular complexity index is 1140. The van der Waals surface area contributed by atoms with Gasteiger partial charge in [0, 0.05) is 13.1 Å². The number of hydrogen-bond acceptors (Lipinski definition) is 6. The van der Waals surface area contributed by atoms with Crippen molar-refractivity contribution in [2.45, 2.75) is 32.1 Å². The highest BCUT2D eigenvalue weighted by atomic mass is 32.3. The number of piperidine rings is 1. The topological polar surface area (TPSA) is 133 Å². The number of carbonyl (C=O) groups is 2. The summed E-state index contributed by atoms with van der Waals surface area (Å²) in [7, 11) is -4.61. The summed E-state index contributed by atoms with van der Waals surface area (Å²) >= 11 is 0. The van der Waals surface area contributed by atoms with E-state index >= 15 is 0 Å². The van der Waals surface area contributed by atoms with Gasteiger partial charge in [-0.05, 0) is 54.0 Å². The van der Waals surface area contributed by atoms with E-state index in [-0.39, 0.29) is 23.0 Å². The lowest BCUT2D eigenvalue weighted by atomic mass is 9.68. The largest absolute Gasteiger partial charge is 0.480 e. The van der Waals surface area contributed by atoms with Crippen LogP contribution in [0.3, 0.4) is 0 Å². The van der Waals surface area contributed by atoms with Crippen LogP contribution in [0.4, 0.5) is 0 Å². The molecule has 1 aliphatic heterocycles. The van der Waals surface area contributed by atoms with Gasteiger partial charge < -0.3 is 19.5 Å². The number of nitrogens with one attached hydrogen (secondary N) is 1. The van der Waals surface area contributed by atoms with Gasteiger partial charge in [0.15, 0.2) is 0 Å². The second-order valence-corrected chi connectivity index (χ2v) is 10.4. The predicted molar refractivity (Wildman–Crippen MR) is 130 cm³/mol. The van der Waals surface area contributed by atoms with Gasteiger partial charge in [-0.1, -0.05) is 56.3 Å². The lowest BCUT2D eigenvalue weighted by molar-refractivity contribution is -0.138. The number of carboxylic acids is 1. The van der Waals surface area contributed by atoms with E-state index in [1.54, 1.807) is 12.1 Å². The normalized spacial score (nSPS) is 21.7. The van der Waals surface area contributed by atoms with Crippen LogP contribution in [0.5, 0.6) is 5.75 Å². The standard InChI is InChI=1S/C25H32N2O7S/c1-18-16-27(12-11-25(18,2)21-9-6-10-22(14-21)34-35(31,32)33)17-20(24(30)26-15-23(28)29)13-19-7-4-3-5-8-19/h3-10,14,18,20H,11-13,15-17H2,1-2H3,(H,26,30)(H,28,29)(H,31,32,33)/t18-,20-,25+/m1/s1. The molecule has 1 saturated heterocycles. The molecule has 1 amide bonds. The van der Waals surface area contributed by atoms with Crippen molar-refractivity contribution in [3.63, 3.8) is 0 Å². The zero-order valence-electron chi connectivity index (χ0n) is 19.9. The van der Waals surface area contributed by atoms with Crippen LogP contribution in [-0.4, -0.2) is 61.0 Å². The summed E-state index contributed by atoms with van der Waals surface area (Å²) in [6, 6.07) is 16.4. The van der Waals surface area contributed by atoms with Crippen molar-refractivity contribution < 1.29 is 31.8 Å². The van der Waals surface area contributed by atoms with E-state index in [2.05, 4.69) is 28.2 Å². The molecule has 0 aliphatic carbocycles. The summed E-state index contributed by atoms with van der Waals surface area (Å²) in [6.45, 7) is 5.72. The number of benzene rings is 2. The van der Waals surface area contributed by atoms with Gasteiger partial charge >= 0.3 is 16.4 Å². The second kappa shape index (κ2) is 11.2. The van der Waals surface area contributed by atoms with Crippen LogP contribution >= 0.6 is 0 Å². The van der Waals surface area contributed by atoms with E-state index < -0.39 is 28.8 Å². The lowest BCUT2D eigenvalue weighted by Crippen LogP contribution is -2.50. The van der Waals surface area contributed by atoms with Crippen molar-refractivity contribution in [1.29, 1.82) is 0 Å². The second-order valence-electron chi connectivity index (χ2n) is 9.37. The van der Waals surface area contributed by atoms with Crippen molar-refractivity contribution in [2.24, 2.45) is 11.8 Å². The Labute approximate surface area is 206 Å². The van der Waals surface area contributed by atoms with Gasteiger partial charge in [-0.2, -0.15) is 8.42 Å². The number of carbonyl (C=O) groups excluding carboxylic acids is 1. The molecule has 2 aromatic carbocycles. The number of carboxylic acid groups (broad SMARTS) is 1. The number of nitrogens with zero attached hydrogens (tertiary/aromatic N) is 1. The number of hydrogen-bond donors (Lipinski definition) is 3. The lowest BCUT2D eigenvalue weighted by Gasteiger charge is -2.45. The minimum absolute atomic E-state index is 0.0545. The molecule has 3 atom stereocenters. The highest BCUT2D eigenvalue weighted by molar-refractivity contribution is 7.81. The van der Waals surface area contributed by atoms with Gasteiger partial charge in [0.1, 0.15) is 12.3 Å². The fourth-order valence-corrected chi connectivity index (χ4v) is 5.04. The Hall–Kier alpha value is -2.95. The smallest absolute Gasteiger partial charge is 0.446 e. The first-order valence-electron chi connectivity index (χ1n) is 11.5. The zero-order valence-corrected chi connectivity index (χ0v) is 20.7. The van der Waals surface area contributed by atoms with Crippen LogP contribution in [0, 0.1) is 11.8 Å². The summed E-state index contributed by atoms with van der Waals surface area (Å²) in [5, 5.41) is 11.5. The summed E-state index contributed by atoms with van der Waals surface area (Å²) < 4.78 is 35.9. The van der Waals surface area contributed by atoms with Gasteiger partial charge in [-0.25, -0.2) is 0 Å². The quantitative estimate of drug-likeness (QED) is 0.421. The molecule has 0 saturated carbocycles. The molecular weight excluding hydrogens is 472 g/mol. The van der Waals surface area contributed by atoms with Crippen molar-refractivity contribution in [3.05, 3.63) is 65.7 Å². The fraction of sp³-hybridized carbons (Fsp3) is 0.440. The molecule has 0 spiro atoms. The average Bonchev–Trinajstić information content (AvgIpc) is 2.79. The molecule has 0 bridgehead atoms. The van der Waals surface area contributed by atoms with E-state index in [1.807, 2.05) is 36.4 Å². The van der Waals surface area contributed by atoms with Crippen LogP contribution in [0.25, 0.3) is 0 Å². The van der Waals surface area contributed by atoms with Gasteiger partial charge in [0.2, 0.25) is 5.91 Å². The summed E-state index contributed by atoms with van der Waals surface area (Å²) in [5.41, 5.74) is 1.65. The van der Waals surface area contributed by atoms with Gasteiger partial charge in [0.25, 0.3) is 0 Å². The third-order valence-electron chi connectivity index (χ3n) is 6.85. The van der Waals surface area contributed by atoms with E-state index in [9.17, 15) is 18.0 Å². The highest BCUT2D eigenvalue weighted by Crippen LogP contribution is 2.40. The first-order valence-corrected chi connectivity index (χ1v) is 12.9.